The molecular formula is C16H16ClNO3. The molecule has 110 valence electrons. The summed E-state index contributed by atoms with van der Waals surface area (Å²) in [5, 5.41) is 3.63. The van der Waals surface area contributed by atoms with Gasteiger partial charge in [-0.3, -0.25) is 0 Å². The van der Waals surface area contributed by atoms with Crippen molar-refractivity contribution in [3.05, 3.63) is 59.1 Å². The van der Waals surface area contributed by atoms with Gasteiger partial charge in [-0.1, -0.05) is 29.8 Å². The minimum absolute atomic E-state index is 0.404. The standard InChI is InChI=1S/C16H16ClNO3/c1-20-12-9-7-11(8-10-12)18-15(16(19)21-2)13-5-3-4-6-14(13)17/h3-10,15,18H,1-2H3. The Morgan fingerprint density at radius 3 is 2.33 bits per heavy atom. The quantitative estimate of drug-likeness (QED) is 0.856. The van der Waals surface area contributed by atoms with Crippen LogP contribution < -0.4 is 10.1 Å². The fraction of sp³-hybridized carbons (Fsp3) is 0.188. The smallest absolute Gasteiger partial charge is 0.333 e. The Kier molecular flexibility index (Phi) is 5.06. The van der Waals surface area contributed by atoms with Crippen LogP contribution in [0, 0.1) is 0 Å². The molecule has 5 heteroatoms. The summed E-state index contributed by atoms with van der Waals surface area (Å²) in [4.78, 5) is 12.0. The summed E-state index contributed by atoms with van der Waals surface area (Å²) in [6.07, 6.45) is 0. The number of rotatable bonds is 5. The van der Waals surface area contributed by atoms with Crippen LogP contribution in [0.25, 0.3) is 0 Å². The average molecular weight is 306 g/mol. The second-order valence-electron chi connectivity index (χ2n) is 4.35. The van der Waals surface area contributed by atoms with Gasteiger partial charge < -0.3 is 14.8 Å². The number of nitrogens with one attached hydrogen (secondary N) is 1. The second-order valence-corrected chi connectivity index (χ2v) is 4.76. The van der Waals surface area contributed by atoms with Gasteiger partial charge in [0.1, 0.15) is 5.75 Å². The van der Waals surface area contributed by atoms with E-state index in [1.807, 2.05) is 36.4 Å². The largest absolute Gasteiger partial charge is 0.497 e. The lowest BCUT2D eigenvalue weighted by atomic mass is 10.1. The first-order chi connectivity index (χ1) is 10.2. The molecule has 0 saturated heterocycles. The Balaban J connectivity index is 2.28. The number of anilines is 1. The van der Waals surface area contributed by atoms with Gasteiger partial charge in [-0.05, 0) is 30.3 Å². The summed E-state index contributed by atoms with van der Waals surface area (Å²) in [7, 11) is 2.95. The molecule has 0 aliphatic carbocycles. The van der Waals surface area contributed by atoms with Gasteiger partial charge in [-0.2, -0.15) is 0 Å². The predicted molar refractivity (Wildman–Crippen MR) is 82.8 cm³/mol. The number of methoxy groups -OCH3 is 2. The maximum absolute atomic E-state index is 12.0. The molecular weight excluding hydrogens is 290 g/mol. The Hall–Kier alpha value is -2.20. The van der Waals surface area contributed by atoms with Crippen molar-refractivity contribution in [3.63, 3.8) is 0 Å². The molecule has 0 heterocycles. The van der Waals surface area contributed by atoms with Gasteiger partial charge >= 0.3 is 5.97 Å². The van der Waals surface area contributed by atoms with Crippen molar-refractivity contribution in [2.75, 3.05) is 19.5 Å². The van der Waals surface area contributed by atoms with Crippen molar-refractivity contribution >= 4 is 23.3 Å². The van der Waals surface area contributed by atoms with Crippen LogP contribution in [0.15, 0.2) is 48.5 Å². The molecule has 0 aliphatic rings. The first-order valence-corrected chi connectivity index (χ1v) is 6.76. The molecule has 0 aromatic heterocycles. The second kappa shape index (κ2) is 6.99. The fourth-order valence-corrected chi connectivity index (χ4v) is 2.19. The van der Waals surface area contributed by atoms with E-state index in [1.165, 1.54) is 7.11 Å². The highest BCUT2D eigenvalue weighted by Gasteiger charge is 2.23. The third-order valence-corrected chi connectivity index (χ3v) is 3.40. The number of halogens is 1. The van der Waals surface area contributed by atoms with E-state index in [0.29, 0.717) is 10.6 Å². The summed E-state index contributed by atoms with van der Waals surface area (Å²) < 4.78 is 9.96. The predicted octanol–water partition coefficient (Wildman–Crippen LogP) is 3.67. The monoisotopic (exact) mass is 305 g/mol. The Morgan fingerprint density at radius 2 is 1.76 bits per heavy atom. The van der Waals surface area contributed by atoms with Crippen LogP contribution in [-0.4, -0.2) is 20.2 Å². The molecule has 2 aromatic carbocycles. The number of carbonyl (C=O) groups is 1. The van der Waals surface area contributed by atoms with Gasteiger partial charge in [-0.15, -0.1) is 0 Å². The minimum atomic E-state index is -0.669. The number of benzene rings is 2. The third-order valence-electron chi connectivity index (χ3n) is 3.05. The lowest BCUT2D eigenvalue weighted by molar-refractivity contribution is -0.141. The number of carbonyl (C=O) groups excluding carboxylic acids is 1. The van der Waals surface area contributed by atoms with Crippen LogP contribution in [-0.2, 0) is 9.53 Å². The molecule has 1 atom stereocenters. The number of hydrogen-bond donors (Lipinski definition) is 1. The van der Waals surface area contributed by atoms with Crippen molar-refractivity contribution in [3.8, 4) is 5.75 Å². The molecule has 1 N–H and O–H groups in total. The van der Waals surface area contributed by atoms with Crippen molar-refractivity contribution in [1.82, 2.24) is 0 Å². The van der Waals surface area contributed by atoms with E-state index in [1.54, 1.807) is 19.2 Å². The Labute approximate surface area is 128 Å². The number of esters is 1. The molecule has 0 spiro atoms. The minimum Gasteiger partial charge on any atom is -0.497 e. The molecule has 0 saturated carbocycles. The lowest BCUT2D eigenvalue weighted by Crippen LogP contribution is -2.22. The van der Waals surface area contributed by atoms with E-state index < -0.39 is 12.0 Å². The van der Waals surface area contributed by atoms with Gasteiger partial charge in [0.25, 0.3) is 0 Å². The first kappa shape index (κ1) is 15.2. The number of ether oxygens (including phenoxy) is 2. The van der Waals surface area contributed by atoms with E-state index in [2.05, 4.69) is 5.32 Å². The molecule has 0 amide bonds. The van der Waals surface area contributed by atoms with Crippen LogP contribution in [0.3, 0.4) is 0 Å². The summed E-state index contributed by atoms with van der Waals surface area (Å²) in [5.41, 5.74) is 1.44. The first-order valence-electron chi connectivity index (χ1n) is 6.38. The Bertz CT molecular complexity index is 613. The normalized spacial score (nSPS) is 11.6. The maximum Gasteiger partial charge on any atom is 0.333 e. The van der Waals surface area contributed by atoms with Crippen molar-refractivity contribution in [2.45, 2.75) is 6.04 Å². The fourth-order valence-electron chi connectivity index (χ4n) is 1.94. The van der Waals surface area contributed by atoms with E-state index in [4.69, 9.17) is 21.1 Å². The van der Waals surface area contributed by atoms with Gasteiger partial charge in [0.05, 0.1) is 14.2 Å². The highest BCUT2D eigenvalue weighted by atomic mass is 35.5. The van der Waals surface area contributed by atoms with Crippen molar-refractivity contribution in [1.29, 1.82) is 0 Å². The van der Waals surface area contributed by atoms with Crippen LogP contribution in [0.4, 0.5) is 5.69 Å². The molecule has 0 aliphatic heterocycles. The van der Waals surface area contributed by atoms with Crippen LogP contribution in [0.5, 0.6) is 5.75 Å². The summed E-state index contributed by atoms with van der Waals surface area (Å²) in [6.45, 7) is 0. The molecule has 0 fully saturated rings. The molecule has 2 aromatic rings. The Morgan fingerprint density at radius 1 is 1.10 bits per heavy atom. The average Bonchev–Trinajstić information content (AvgIpc) is 2.53. The van der Waals surface area contributed by atoms with E-state index in [9.17, 15) is 4.79 Å². The van der Waals surface area contributed by atoms with Crippen LogP contribution >= 0.6 is 11.6 Å². The molecule has 0 radical (unpaired) electrons. The molecule has 1 unspecified atom stereocenters. The highest BCUT2D eigenvalue weighted by Crippen LogP contribution is 2.27. The summed E-state index contributed by atoms with van der Waals surface area (Å²) in [5.74, 6) is 0.340. The zero-order chi connectivity index (χ0) is 15.2. The molecule has 4 nitrogen and oxygen atoms in total. The highest BCUT2D eigenvalue weighted by molar-refractivity contribution is 6.31. The van der Waals surface area contributed by atoms with E-state index in [-0.39, 0.29) is 0 Å². The molecule has 2 rings (SSSR count). The summed E-state index contributed by atoms with van der Waals surface area (Å²) >= 11 is 6.17. The van der Waals surface area contributed by atoms with Crippen molar-refractivity contribution in [2.24, 2.45) is 0 Å². The van der Waals surface area contributed by atoms with Crippen LogP contribution in [0.1, 0.15) is 11.6 Å². The zero-order valence-electron chi connectivity index (χ0n) is 11.8. The van der Waals surface area contributed by atoms with Gasteiger partial charge in [0.15, 0.2) is 6.04 Å². The van der Waals surface area contributed by atoms with E-state index in [0.717, 1.165) is 11.4 Å². The summed E-state index contributed by atoms with van der Waals surface area (Å²) in [6, 6.07) is 13.8. The van der Waals surface area contributed by atoms with Crippen molar-refractivity contribution < 1.29 is 14.3 Å². The maximum atomic E-state index is 12.0. The number of hydrogen-bond acceptors (Lipinski definition) is 4. The lowest BCUT2D eigenvalue weighted by Gasteiger charge is -2.19. The SMILES string of the molecule is COC(=O)C(Nc1ccc(OC)cc1)c1ccccc1Cl. The van der Waals surface area contributed by atoms with Gasteiger partial charge in [-0.25, -0.2) is 4.79 Å². The van der Waals surface area contributed by atoms with Gasteiger partial charge in [0.2, 0.25) is 0 Å². The molecule has 0 bridgehead atoms. The zero-order valence-corrected chi connectivity index (χ0v) is 12.6. The van der Waals surface area contributed by atoms with E-state index >= 15 is 0 Å². The third kappa shape index (κ3) is 3.67. The molecule has 21 heavy (non-hydrogen) atoms. The topological polar surface area (TPSA) is 47.6 Å². The van der Waals surface area contributed by atoms with Crippen LogP contribution in [0.2, 0.25) is 5.02 Å². The van der Waals surface area contributed by atoms with Gasteiger partial charge in [0, 0.05) is 16.3 Å².